The molecule has 0 amide bonds. The van der Waals surface area contributed by atoms with Gasteiger partial charge in [-0.25, -0.2) is 0 Å². The molecule has 166 valence electrons. The molecule has 0 aliphatic rings. The smallest absolute Gasteiger partial charge is 0.144 e. The molecular formula is C28H42O2. The molecule has 0 aliphatic carbocycles. The second-order valence-electron chi connectivity index (χ2n) is 8.23. The van der Waals surface area contributed by atoms with E-state index >= 15 is 0 Å². The number of rotatable bonds is 16. The summed E-state index contributed by atoms with van der Waals surface area (Å²) in [6.07, 6.45) is 10.7. The largest absolute Gasteiger partial charge is 0.374 e. The lowest BCUT2D eigenvalue weighted by molar-refractivity contribution is -0.132. The zero-order valence-corrected chi connectivity index (χ0v) is 19.4. The van der Waals surface area contributed by atoms with Gasteiger partial charge in [-0.2, -0.15) is 0 Å². The molecule has 0 heterocycles. The van der Waals surface area contributed by atoms with E-state index in [1.807, 2.05) is 0 Å². The zero-order chi connectivity index (χ0) is 21.5. The minimum atomic E-state index is -0.572. The average molecular weight is 411 g/mol. The van der Waals surface area contributed by atoms with Gasteiger partial charge in [0.2, 0.25) is 0 Å². The second-order valence-corrected chi connectivity index (χ2v) is 8.23. The molecule has 0 saturated carbocycles. The van der Waals surface area contributed by atoms with E-state index in [-0.39, 0.29) is 6.10 Å². The first-order chi connectivity index (χ1) is 14.8. The summed E-state index contributed by atoms with van der Waals surface area (Å²) in [7, 11) is 0. The molecule has 2 rings (SSSR count). The van der Waals surface area contributed by atoms with Crippen LogP contribution in [0.1, 0.15) is 89.7 Å². The minimum Gasteiger partial charge on any atom is -0.374 e. The Morgan fingerprint density at radius 1 is 0.633 bits per heavy atom. The maximum Gasteiger partial charge on any atom is 0.144 e. The summed E-state index contributed by atoms with van der Waals surface area (Å²) in [4.78, 5) is 0. The lowest BCUT2D eigenvalue weighted by Crippen LogP contribution is -2.45. The van der Waals surface area contributed by atoms with Crippen molar-refractivity contribution in [3.63, 3.8) is 0 Å². The van der Waals surface area contributed by atoms with Crippen molar-refractivity contribution in [3.05, 3.63) is 71.8 Å². The molecule has 2 heteroatoms. The summed E-state index contributed by atoms with van der Waals surface area (Å²) < 4.78 is 13.3. The van der Waals surface area contributed by atoms with Gasteiger partial charge in [0.15, 0.2) is 0 Å². The molecule has 2 aromatic rings. The number of hydrogen-bond acceptors (Lipinski definition) is 2. The lowest BCUT2D eigenvalue weighted by atomic mass is 9.79. The first kappa shape index (κ1) is 24.6. The fourth-order valence-electron chi connectivity index (χ4n) is 4.21. The van der Waals surface area contributed by atoms with Crippen LogP contribution in [-0.4, -0.2) is 19.3 Å². The number of ether oxygens (including phenoxy) is 2. The van der Waals surface area contributed by atoms with Gasteiger partial charge in [-0.15, -0.1) is 0 Å². The predicted octanol–water partition coefficient (Wildman–Crippen LogP) is 7.90. The van der Waals surface area contributed by atoms with Crippen LogP contribution in [0.15, 0.2) is 60.7 Å². The highest BCUT2D eigenvalue weighted by Crippen LogP contribution is 2.41. The van der Waals surface area contributed by atoms with E-state index < -0.39 is 5.60 Å². The maximum absolute atomic E-state index is 6.78. The molecule has 2 aromatic carbocycles. The molecule has 2 nitrogen and oxygen atoms in total. The summed E-state index contributed by atoms with van der Waals surface area (Å²) in [5.41, 5.74) is 1.81. The topological polar surface area (TPSA) is 18.5 Å². The number of benzene rings is 2. The summed E-state index contributed by atoms with van der Waals surface area (Å²) in [6.45, 7) is 8.11. The van der Waals surface area contributed by atoms with Crippen LogP contribution in [0, 0.1) is 0 Å². The fraction of sp³-hybridized carbons (Fsp3) is 0.571. The van der Waals surface area contributed by atoms with Crippen LogP contribution in [0.4, 0.5) is 0 Å². The summed E-state index contributed by atoms with van der Waals surface area (Å²) in [5.74, 6) is 0. The van der Waals surface area contributed by atoms with Crippen LogP contribution in [-0.2, 0) is 15.1 Å². The third kappa shape index (κ3) is 6.96. The van der Waals surface area contributed by atoms with Gasteiger partial charge in [0.25, 0.3) is 0 Å². The van der Waals surface area contributed by atoms with Gasteiger partial charge >= 0.3 is 0 Å². The average Bonchev–Trinajstić information content (AvgIpc) is 2.80. The van der Waals surface area contributed by atoms with Crippen molar-refractivity contribution in [1.29, 1.82) is 0 Å². The van der Waals surface area contributed by atoms with E-state index in [9.17, 15) is 0 Å². The standard InChI is InChI=1S/C28H42O2/c1-4-7-8-9-10-17-22-27(29-23-5-2)28(30-24-6-3,25-18-13-11-14-19-25)26-20-15-12-16-21-26/h11-16,18-21,27H,4-10,17,22-24H2,1-3H3. The Morgan fingerprint density at radius 2 is 1.17 bits per heavy atom. The molecule has 0 fully saturated rings. The third-order valence-corrected chi connectivity index (χ3v) is 5.74. The molecule has 0 aliphatic heterocycles. The zero-order valence-electron chi connectivity index (χ0n) is 19.4. The molecule has 1 atom stereocenters. The molecule has 0 bridgehead atoms. The van der Waals surface area contributed by atoms with Crippen LogP contribution in [0.25, 0.3) is 0 Å². The molecule has 0 N–H and O–H groups in total. The molecule has 0 saturated heterocycles. The van der Waals surface area contributed by atoms with Crippen molar-refractivity contribution in [3.8, 4) is 0 Å². The van der Waals surface area contributed by atoms with E-state index in [0.717, 1.165) is 25.9 Å². The van der Waals surface area contributed by atoms with Crippen molar-refractivity contribution in [2.45, 2.75) is 90.3 Å². The Kier molecular flexibility index (Phi) is 11.8. The molecule has 1 unspecified atom stereocenters. The molecule has 0 aromatic heterocycles. The fourth-order valence-corrected chi connectivity index (χ4v) is 4.21. The van der Waals surface area contributed by atoms with Crippen molar-refractivity contribution in [2.75, 3.05) is 13.2 Å². The quantitative estimate of drug-likeness (QED) is 0.262. The van der Waals surface area contributed by atoms with Crippen LogP contribution in [0.3, 0.4) is 0 Å². The van der Waals surface area contributed by atoms with Gasteiger partial charge in [0.05, 0.1) is 6.10 Å². The lowest BCUT2D eigenvalue weighted by Gasteiger charge is -2.42. The van der Waals surface area contributed by atoms with Crippen LogP contribution >= 0.6 is 0 Å². The second kappa shape index (κ2) is 14.4. The van der Waals surface area contributed by atoms with Gasteiger partial charge in [0.1, 0.15) is 5.60 Å². The maximum atomic E-state index is 6.78. The first-order valence-electron chi connectivity index (χ1n) is 12.2. The molecular weight excluding hydrogens is 368 g/mol. The van der Waals surface area contributed by atoms with Gasteiger partial charge in [0, 0.05) is 13.2 Å². The van der Waals surface area contributed by atoms with Crippen molar-refractivity contribution >= 4 is 0 Å². The Labute approximate surface area is 185 Å². The number of hydrogen-bond donors (Lipinski definition) is 0. The SMILES string of the molecule is CCCCCCCCC(OCCC)C(OCCC)(c1ccccc1)c1ccccc1. The molecule has 0 radical (unpaired) electrons. The Balaban J connectivity index is 2.38. The highest BCUT2D eigenvalue weighted by Gasteiger charge is 2.43. The molecule has 0 spiro atoms. The summed E-state index contributed by atoms with van der Waals surface area (Å²) in [5, 5.41) is 0. The van der Waals surface area contributed by atoms with E-state index in [1.165, 1.54) is 49.7 Å². The minimum absolute atomic E-state index is 0.0000230. The first-order valence-corrected chi connectivity index (χ1v) is 12.2. The predicted molar refractivity (Wildman–Crippen MR) is 128 cm³/mol. The Hall–Kier alpha value is -1.64. The van der Waals surface area contributed by atoms with Gasteiger partial charge < -0.3 is 9.47 Å². The van der Waals surface area contributed by atoms with E-state index in [4.69, 9.17) is 9.47 Å². The van der Waals surface area contributed by atoms with E-state index in [1.54, 1.807) is 0 Å². The normalized spacial score (nSPS) is 12.8. The van der Waals surface area contributed by atoms with Crippen molar-refractivity contribution in [1.82, 2.24) is 0 Å². The monoisotopic (exact) mass is 410 g/mol. The van der Waals surface area contributed by atoms with Crippen molar-refractivity contribution in [2.24, 2.45) is 0 Å². The van der Waals surface area contributed by atoms with E-state index in [0.29, 0.717) is 6.61 Å². The number of unbranched alkanes of at least 4 members (excludes halogenated alkanes) is 5. The Morgan fingerprint density at radius 3 is 1.70 bits per heavy atom. The summed E-state index contributed by atoms with van der Waals surface area (Å²) in [6, 6.07) is 21.4. The highest BCUT2D eigenvalue weighted by atomic mass is 16.5. The van der Waals surface area contributed by atoms with Gasteiger partial charge in [-0.3, -0.25) is 0 Å². The van der Waals surface area contributed by atoms with Gasteiger partial charge in [-0.1, -0.05) is 120 Å². The van der Waals surface area contributed by atoms with Crippen LogP contribution in [0.2, 0.25) is 0 Å². The molecule has 30 heavy (non-hydrogen) atoms. The summed E-state index contributed by atoms with van der Waals surface area (Å²) >= 11 is 0. The Bertz CT molecular complexity index is 613. The van der Waals surface area contributed by atoms with Crippen LogP contribution in [0.5, 0.6) is 0 Å². The third-order valence-electron chi connectivity index (χ3n) is 5.74. The van der Waals surface area contributed by atoms with E-state index in [2.05, 4.69) is 81.4 Å². The van der Waals surface area contributed by atoms with Gasteiger partial charge in [-0.05, 0) is 30.4 Å². The van der Waals surface area contributed by atoms with Crippen molar-refractivity contribution < 1.29 is 9.47 Å². The highest BCUT2D eigenvalue weighted by molar-refractivity contribution is 5.38. The van der Waals surface area contributed by atoms with Crippen LogP contribution < -0.4 is 0 Å².